The third kappa shape index (κ3) is 2.76. The van der Waals surface area contributed by atoms with Gasteiger partial charge < -0.3 is 5.32 Å². The molecule has 0 amide bonds. The fourth-order valence-electron chi connectivity index (χ4n) is 2.05. The van der Waals surface area contributed by atoms with E-state index in [0.29, 0.717) is 0 Å². The van der Waals surface area contributed by atoms with Crippen molar-refractivity contribution < 1.29 is 0 Å². The first kappa shape index (κ1) is 12.8. The number of rotatable bonds is 5. The summed E-state index contributed by atoms with van der Waals surface area (Å²) in [6, 6.07) is 4.06. The van der Waals surface area contributed by atoms with Gasteiger partial charge in [-0.2, -0.15) is 5.10 Å². The van der Waals surface area contributed by atoms with Crippen LogP contribution in [-0.4, -0.2) is 21.3 Å². The molecule has 4 heteroatoms. The molecule has 0 spiro atoms. The second-order valence-corrected chi connectivity index (χ2v) is 4.44. The zero-order valence-corrected chi connectivity index (χ0v) is 11.3. The minimum Gasteiger partial charge on any atom is -0.313 e. The molecule has 0 aliphatic rings. The standard InChI is InChI=1S/C14H20N4/c1-4-15-9-14-11(2)17-18(12(14)3)10-13-5-7-16-8-6-13/h5-8,15H,4,9-10H2,1-3H3. The highest BCUT2D eigenvalue weighted by molar-refractivity contribution is 5.25. The van der Waals surface area contributed by atoms with Gasteiger partial charge in [0.25, 0.3) is 0 Å². The first-order valence-corrected chi connectivity index (χ1v) is 6.35. The predicted octanol–water partition coefficient (Wildman–Crippen LogP) is 2.05. The molecule has 0 fully saturated rings. The Balaban J connectivity index is 2.19. The van der Waals surface area contributed by atoms with Crippen molar-refractivity contribution in [2.24, 2.45) is 0 Å². The third-order valence-electron chi connectivity index (χ3n) is 3.16. The molecule has 2 aromatic heterocycles. The van der Waals surface area contributed by atoms with Gasteiger partial charge in [0, 0.05) is 30.2 Å². The van der Waals surface area contributed by atoms with Crippen LogP contribution in [0.2, 0.25) is 0 Å². The highest BCUT2D eigenvalue weighted by Gasteiger charge is 2.10. The van der Waals surface area contributed by atoms with Gasteiger partial charge >= 0.3 is 0 Å². The van der Waals surface area contributed by atoms with E-state index in [-0.39, 0.29) is 0 Å². The average molecular weight is 244 g/mol. The van der Waals surface area contributed by atoms with Gasteiger partial charge in [-0.15, -0.1) is 0 Å². The van der Waals surface area contributed by atoms with E-state index in [9.17, 15) is 0 Å². The lowest BCUT2D eigenvalue weighted by Crippen LogP contribution is -2.13. The van der Waals surface area contributed by atoms with Crippen LogP contribution < -0.4 is 5.32 Å². The molecule has 18 heavy (non-hydrogen) atoms. The molecule has 96 valence electrons. The minimum atomic E-state index is 0.807. The van der Waals surface area contributed by atoms with Crippen LogP contribution in [0.3, 0.4) is 0 Å². The maximum absolute atomic E-state index is 4.61. The largest absolute Gasteiger partial charge is 0.313 e. The normalized spacial score (nSPS) is 10.8. The van der Waals surface area contributed by atoms with Crippen LogP contribution >= 0.6 is 0 Å². The van der Waals surface area contributed by atoms with E-state index >= 15 is 0 Å². The van der Waals surface area contributed by atoms with Gasteiger partial charge in [0.2, 0.25) is 0 Å². The van der Waals surface area contributed by atoms with Crippen molar-refractivity contribution in [1.29, 1.82) is 0 Å². The average Bonchev–Trinajstić information content (AvgIpc) is 2.64. The zero-order valence-electron chi connectivity index (χ0n) is 11.3. The highest BCUT2D eigenvalue weighted by Crippen LogP contribution is 2.14. The van der Waals surface area contributed by atoms with Crippen molar-refractivity contribution in [3.63, 3.8) is 0 Å². The van der Waals surface area contributed by atoms with Gasteiger partial charge in [0.05, 0.1) is 12.2 Å². The Labute approximate surface area is 108 Å². The van der Waals surface area contributed by atoms with Crippen molar-refractivity contribution in [2.75, 3.05) is 6.54 Å². The first-order valence-electron chi connectivity index (χ1n) is 6.35. The number of nitrogens with one attached hydrogen (secondary N) is 1. The summed E-state index contributed by atoms with van der Waals surface area (Å²) in [4.78, 5) is 4.03. The molecule has 0 saturated carbocycles. The SMILES string of the molecule is CCNCc1c(C)nn(Cc2ccncc2)c1C. The number of aromatic nitrogens is 3. The minimum absolute atomic E-state index is 0.807. The summed E-state index contributed by atoms with van der Waals surface area (Å²) in [6.45, 7) is 9.00. The van der Waals surface area contributed by atoms with E-state index in [2.05, 4.69) is 40.9 Å². The zero-order chi connectivity index (χ0) is 13.0. The maximum atomic E-state index is 4.61. The van der Waals surface area contributed by atoms with Crippen molar-refractivity contribution in [3.8, 4) is 0 Å². The summed E-state index contributed by atoms with van der Waals surface area (Å²) in [5.74, 6) is 0. The quantitative estimate of drug-likeness (QED) is 0.875. The smallest absolute Gasteiger partial charge is 0.0663 e. The Kier molecular flexibility index (Phi) is 4.10. The van der Waals surface area contributed by atoms with Gasteiger partial charge in [-0.1, -0.05) is 6.92 Å². The topological polar surface area (TPSA) is 42.7 Å². The van der Waals surface area contributed by atoms with Gasteiger partial charge in [-0.25, -0.2) is 0 Å². The second kappa shape index (κ2) is 5.78. The summed E-state index contributed by atoms with van der Waals surface area (Å²) >= 11 is 0. The molecule has 4 nitrogen and oxygen atoms in total. The molecule has 2 heterocycles. The Morgan fingerprint density at radius 1 is 1.22 bits per heavy atom. The molecule has 0 unspecified atom stereocenters. The Hall–Kier alpha value is -1.68. The Bertz CT molecular complexity index is 502. The van der Waals surface area contributed by atoms with Crippen LogP contribution in [-0.2, 0) is 13.1 Å². The fourth-order valence-corrected chi connectivity index (χ4v) is 2.05. The summed E-state index contributed by atoms with van der Waals surface area (Å²) < 4.78 is 2.07. The summed E-state index contributed by atoms with van der Waals surface area (Å²) in [6.07, 6.45) is 3.64. The number of hydrogen-bond donors (Lipinski definition) is 1. The van der Waals surface area contributed by atoms with Crippen LogP contribution in [0.4, 0.5) is 0 Å². The molecular weight excluding hydrogens is 224 g/mol. The fraction of sp³-hybridized carbons (Fsp3) is 0.429. The van der Waals surface area contributed by atoms with Crippen molar-refractivity contribution >= 4 is 0 Å². The van der Waals surface area contributed by atoms with Gasteiger partial charge in [-0.3, -0.25) is 9.67 Å². The molecular formula is C14H20N4. The summed E-state index contributed by atoms with van der Waals surface area (Å²) in [7, 11) is 0. The van der Waals surface area contributed by atoms with E-state index in [4.69, 9.17) is 0 Å². The molecule has 0 radical (unpaired) electrons. The lowest BCUT2D eigenvalue weighted by molar-refractivity contribution is 0.655. The van der Waals surface area contributed by atoms with E-state index in [1.165, 1.54) is 16.8 Å². The number of aryl methyl sites for hydroxylation is 1. The molecule has 0 aliphatic heterocycles. The van der Waals surface area contributed by atoms with E-state index in [0.717, 1.165) is 25.3 Å². The van der Waals surface area contributed by atoms with Crippen LogP contribution in [0.15, 0.2) is 24.5 Å². The second-order valence-electron chi connectivity index (χ2n) is 4.44. The van der Waals surface area contributed by atoms with Crippen LogP contribution in [0.25, 0.3) is 0 Å². The van der Waals surface area contributed by atoms with Crippen molar-refractivity contribution in [1.82, 2.24) is 20.1 Å². The van der Waals surface area contributed by atoms with Crippen molar-refractivity contribution in [3.05, 3.63) is 47.0 Å². The molecule has 2 rings (SSSR count). The van der Waals surface area contributed by atoms with Gasteiger partial charge in [-0.05, 0) is 38.1 Å². The van der Waals surface area contributed by atoms with Crippen molar-refractivity contribution in [2.45, 2.75) is 33.9 Å². The monoisotopic (exact) mass is 244 g/mol. The summed E-state index contributed by atoms with van der Waals surface area (Å²) in [5.41, 5.74) is 4.89. The highest BCUT2D eigenvalue weighted by atomic mass is 15.3. The lowest BCUT2D eigenvalue weighted by atomic mass is 10.2. The molecule has 0 aromatic carbocycles. The first-order chi connectivity index (χ1) is 8.72. The lowest BCUT2D eigenvalue weighted by Gasteiger charge is -2.06. The van der Waals surface area contributed by atoms with Crippen LogP contribution in [0.1, 0.15) is 29.4 Å². The number of pyridine rings is 1. The van der Waals surface area contributed by atoms with E-state index in [1.807, 2.05) is 24.5 Å². The summed E-state index contributed by atoms with van der Waals surface area (Å²) in [5, 5.41) is 7.97. The van der Waals surface area contributed by atoms with Gasteiger partial charge in [0.15, 0.2) is 0 Å². The maximum Gasteiger partial charge on any atom is 0.0663 e. The predicted molar refractivity (Wildman–Crippen MR) is 72.4 cm³/mol. The molecule has 0 bridgehead atoms. The van der Waals surface area contributed by atoms with Gasteiger partial charge in [0.1, 0.15) is 0 Å². The van der Waals surface area contributed by atoms with Crippen LogP contribution in [0, 0.1) is 13.8 Å². The van der Waals surface area contributed by atoms with Crippen LogP contribution in [0.5, 0.6) is 0 Å². The number of nitrogens with zero attached hydrogens (tertiary/aromatic N) is 3. The Morgan fingerprint density at radius 3 is 2.61 bits per heavy atom. The third-order valence-corrected chi connectivity index (χ3v) is 3.16. The molecule has 0 saturated heterocycles. The molecule has 1 N–H and O–H groups in total. The molecule has 0 aliphatic carbocycles. The molecule has 0 atom stereocenters. The number of hydrogen-bond acceptors (Lipinski definition) is 3. The Morgan fingerprint density at radius 2 is 1.94 bits per heavy atom. The van der Waals surface area contributed by atoms with E-state index < -0.39 is 0 Å². The molecule has 2 aromatic rings. The van der Waals surface area contributed by atoms with E-state index in [1.54, 1.807) is 0 Å².